The fourth-order valence-electron chi connectivity index (χ4n) is 2.72. The molecule has 0 spiro atoms. The Bertz CT molecular complexity index is 909. The zero-order chi connectivity index (χ0) is 14.2. The normalized spacial score (nSPS) is 11.1. The smallest absolute Gasteiger partial charge is 0.0415 e. The molecule has 0 saturated heterocycles. The van der Waals surface area contributed by atoms with Gasteiger partial charge in [-0.05, 0) is 36.4 Å². The number of anilines is 2. The molecular formula is C19H15NS. The quantitative estimate of drug-likeness (QED) is 0.449. The summed E-state index contributed by atoms with van der Waals surface area (Å²) in [5.74, 6) is 0. The molecule has 0 aliphatic rings. The van der Waals surface area contributed by atoms with Crippen LogP contribution in [-0.4, -0.2) is 7.05 Å². The number of fused-ring (bicyclic) bond motifs is 3. The van der Waals surface area contributed by atoms with Crippen molar-refractivity contribution in [3.8, 4) is 0 Å². The van der Waals surface area contributed by atoms with E-state index >= 15 is 0 Å². The maximum absolute atomic E-state index is 2.29. The zero-order valence-corrected chi connectivity index (χ0v) is 12.6. The molecule has 0 fully saturated rings. The highest BCUT2D eigenvalue weighted by Crippen LogP contribution is 2.36. The van der Waals surface area contributed by atoms with Gasteiger partial charge in [-0.3, -0.25) is 0 Å². The van der Waals surface area contributed by atoms with Crippen molar-refractivity contribution in [3.05, 3.63) is 72.8 Å². The van der Waals surface area contributed by atoms with Gasteiger partial charge in [-0.15, -0.1) is 11.3 Å². The summed E-state index contributed by atoms with van der Waals surface area (Å²) in [6.45, 7) is 0. The lowest BCUT2D eigenvalue weighted by Gasteiger charge is -2.19. The van der Waals surface area contributed by atoms with Gasteiger partial charge < -0.3 is 4.90 Å². The SMILES string of the molecule is CN(c1ccccc1)c1ccc2sc3ccccc3c2c1. The Labute approximate surface area is 128 Å². The summed E-state index contributed by atoms with van der Waals surface area (Å²) in [6, 6.07) is 25.8. The number of hydrogen-bond donors (Lipinski definition) is 0. The van der Waals surface area contributed by atoms with Crippen molar-refractivity contribution in [2.45, 2.75) is 0 Å². The van der Waals surface area contributed by atoms with Crippen LogP contribution in [0.4, 0.5) is 11.4 Å². The molecule has 1 nitrogen and oxygen atoms in total. The number of thiophene rings is 1. The topological polar surface area (TPSA) is 3.24 Å². The van der Waals surface area contributed by atoms with Crippen molar-refractivity contribution in [3.63, 3.8) is 0 Å². The van der Waals surface area contributed by atoms with Crippen molar-refractivity contribution < 1.29 is 0 Å². The number of para-hydroxylation sites is 1. The van der Waals surface area contributed by atoms with Crippen LogP contribution in [0.3, 0.4) is 0 Å². The fraction of sp³-hybridized carbons (Fsp3) is 0.0526. The molecule has 1 aromatic heterocycles. The molecule has 3 aromatic carbocycles. The van der Waals surface area contributed by atoms with Gasteiger partial charge in [0, 0.05) is 38.6 Å². The molecule has 4 rings (SSSR count). The molecule has 0 unspecified atom stereocenters. The van der Waals surface area contributed by atoms with Gasteiger partial charge in [0.2, 0.25) is 0 Å². The first kappa shape index (κ1) is 12.4. The van der Waals surface area contributed by atoms with Crippen LogP contribution in [0, 0.1) is 0 Å². The van der Waals surface area contributed by atoms with Crippen LogP contribution in [-0.2, 0) is 0 Å². The van der Waals surface area contributed by atoms with Gasteiger partial charge in [-0.25, -0.2) is 0 Å². The van der Waals surface area contributed by atoms with E-state index in [0.717, 1.165) is 0 Å². The highest BCUT2D eigenvalue weighted by molar-refractivity contribution is 7.25. The number of nitrogens with zero attached hydrogens (tertiary/aromatic N) is 1. The summed E-state index contributed by atoms with van der Waals surface area (Å²) in [7, 11) is 2.12. The van der Waals surface area contributed by atoms with Crippen LogP contribution >= 0.6 is 11.3 Å². The third-order valence-electron chi connectivity index (χ3n) is 3.89. The van der Waals surface area contributed by atoms with Gasteiger partial charge in [0.1, 0.15) is 0 Å². The molecule has 21 heavy (non-hydrogen) atoms. The lowest BCUT2D eigenvalue weighted by Crippen LogP contribution is -2.08. The molecule has 0 bridgehead atoms. The summed E-state index contributed by atoms with van der Waals surface area (Å²) >= 11 is 1.86. The van der Waals surface area contributed by atoms with Gasteiger partial charge >= 0.3 is 0 Å². The summed E-state index contributed by atoms with van der Waals surface area (Å²) in [4.78, 5) is 2.23. The minimum Gasteiger partial charge on any atom is -0.345 e. The maximum atomic E-state index is 2.29. The maximum Gasteiger partial charge on any atom is 0.0415 e. The van der Waals surface area contributed by atoms with Crippen molar-refractivity contribution >= 4 is 42.9 Å². The molecule has 4 aromatic rings. The van der Waals surface area contributed by atoms with Crippen molar-refractivity contribution in [2.24, 2.45) is 0 Å². The third-order valence-corrected chi connectivity index (χ3v) is 5.04. The van der Waals surface area contributed by atoms with Crippen LogP contribution in [0.2, 0.25) is 0 Å². The van der Waals surface area contributed by atoms with E-state index in [0.29, 0.717) is 0 Å². The lowest BCUT2D eigenvalue weighted by molar-refractivity contribution is 1.21. The van der Waals surface area contributed by atoms with Crippen molar-refractivity contribution in [1.82, 2.24) is 0 Å². The number of benzene rings is 3. The fourth-order valence-corrected chi connectivity index (χ4v) is 3.81. The minimum absolute atomic E-state index is 1.20. The number of hydrogen-bond acceptors (Lipinski definition) is 2. The van der Waals surface area contributed by atoms with E-state index in [1.54, 1.807) is 0 Å². The molecule has 0 aliphatic heterocycles. The Morgan fingerprint density at radius 1 is 0.667 bits per heavy atom. The van der Waals surface area contributed by atoms with E-state index in [4.69, 9.17) is 0 Å². The predicted octanol–water partition coefficient (Wildman–Crippen LogP) is 5.82. The predicted molar refractivity (Wildman–Crippen MR) is 93.8 cm³/mol. The van der Waals surface area contributed by atoms with E-state index in [1.807, 2.05) is 17.4 Å². The van der Waals surface area contributed by atoms with Crippen LogP contribution in [0.5, 0.6) is 0 Å². The van der Waals surface area contributed by atoms with Crippen LogP contribution < -0.4 is 4.90 Å². The van der Waals surface area contributed by atoms with Gasteiger partial charge in [0.15, 0.2) is 0 Å². The standard InChI is InChI=1S/C19H15NS/c1-20(14-7-3-2-4-8-14)15-11-12-19-17(13-15)16-9-5-6-10-18(16)21-19/h2-13H,1H3. The first-order valence-electron chi connectivity index (χ1n) is 7.03. The Morgan fingerprint density at radius 3 is 2.24 bits per heavy atom. The average molecular weight is 289 g/mol. The van der Waals surface area contributed by atoms with E-state index in [-0.39, 0.29) is 0 Å². The first-order valence-corrected chi connectivity index (χ1v) is 7.85. The molecule has 0 amide bonds. The molecule has 0 aliphatic carbocycles. The van der Waals surface area contributed by atoms with Gasteiger partial charge in [-0.1, -0.05) is 36.4 Å². The third kappa shape index (κ3) is 2.08. The second-order valence-corrected chi connectivity index (χ2v) is 6.26. The monoisotopic (exact) mass is 289 g/mol. The Kier molecular flexibility index (Phi) is 2.90. The highest BCUT2D eigenvalue weighted by Gasteiger charge is 2.08. The van der Waals surface area contributed by atoms with Gasteiger partial charge in [0.05, 0.1) is 0 Å². The van der Waals surface area contributed by atoms with E-state index in [9.17, 15) is 0 Å². The van der Waals surface area contributed by atoms with E-state index < -0.39 is 0 Å². The molecule has 0 saturated carbocycles. The van der Waals surface area contributed by atoms with Gasteiger partial charge in [-0.2, -0.15) is 0 Å². The summed E-state index contributed by atoms with van der Waals surface area (Å²) in [5, 5.41) is 2.69. The average Bonchev–Trinajstić information content (AvgIpc) is 2.93. The molecule has 102 valence electrons. The number of rotatable bonds is 2. The summed E-state index contributed by atoms with van der Waals surface area (Å²) in [5.41, 5.74) is 2.42. The molecule has 0 atom stereocenters. The van der Waals surface area contributed by atoms with E-state index in [2.05, 4.69) is 78.7 Å². The van der Waals surface area contributed by atoms with Gasteiger partial charge in [0.25, 0.3) is 0 Å². The van der Waals surface area contributed by atoms with Crippen molar-refractivity contribution in [2.75, 3.05) is 11.9 Å². The second kappa shape index (κ2) is 4.90. The zero-order valence-electron chi connectivity index (χ0n) is 11.8. The molecule has 0 radical (unpaired) electrons. The Hall–Kier alpha value is -2.32. The second-order valence-electron chi connectivity index (χ2n) is 5.17. The molecule has 1 heterocycles. The van der Waals surface area contributed by atoms with Crippen molar-refractivity contribution in [1.29, 1.82) is 0 Å². The Balaban J connectivity index is 1.88. The summed E-state index contributed by atoms with van der Waals surface area (Å²) in [6.07, 6.45) is 0. The lowest BCUT2D eigenvalue weighted by atomic mass is 10.1. The molecular weight excluding hydrogens is 274 g/mol. The van der Waals surface area contributed by atoms with Crippen LogP contribution in [0.1, 0.15) is 0 Å². The minimum atomic E-state index is 1.20. The first-order chi connectivity index (χ1) is 10.3. The molecule has 2 heteroatoms. The Morgan fingerprint density at radius 2 is 1.38 bits per heavy atom. The van der Waals surface area contributed by atoms with Crippen LogP contribution in [0.15, 0.2) is 72.8 Å². The molecule has 0 N–H and O–H groups in total. The summed E-state index contributed by atoms with van der Waals surface area (Å²) < 4.78 is 2.70. The largest absolute Gasteiger partial charge is 0.345 e. The van der Waals surface area contributed by atoms with E-state index in [1.165, 1.54) is 31.5 Å². The highest BCUT2D eigenvalue weighted by atomic mass is 32.1. The van der Waals surface area contributed by atoms with Crippen LogP contribution in [0.25, 0.3) is 20.2 Å².